The number of hydrogen-bond donors (Lipinski definition) is 2. The summed E-state index contributed by atoms with van der Waals surface area (Å²) in [6, 6.07) is 17.1. The van der Waals surface area contributed by atoms with E-state index in [4.69, 9.17) is 4.74 Å². The zero-order valence-electron chi connectivity index (χ0n) is 20.1. The lowest BCUT2D eigenvalue weighted by Crippen LogP contribution is -2.38. The third kappa shape index (κ3) is 6.87. The van der Waals surface area contributed by atoms with Crippen LogP contribution in [-0.4, -0.2) is 41.2 Å². The third-order valence-electron chi connectivity index (χ3n) is 6.09. The molecule has 0 aliphatic carbocycles. The summed E-state index contributed by atoms with van der Waals surface area (Å²) in [4.78, 5) is 29.9. The summed E-state index contributed by atoms with van der Waals surface area (Å²) in [5.74, 6) is -0.564. The summed E-state index contributed by atoms with van der Waals surface area (Å²) in [5.41, 5.74) is 1.29. The van der Waals surface area contributed by atoms with Crippen molar-refractivity contribution in [1.82, 2.24) is 10.3 Å². The van der Waals surface area contributed by atoms with E-state index in [9.17, 15) is 14.7 Å². The number of ether oxygens (including phenoxy) is 1. The molecule has 6 heteroatoms. The minimum atomic E-state index is -0.999. The number of benzene rings is 2. The number of aromatic nitrogens is 1. The monoisotopic (exact) mass is 462 g/mol. The topological polar surface area (TPSA) is 88.5 Å². The number of fused-ring (bicyclic) bond motifs is 1. The van der Waals surface area contributed by atoms with E-state index in [1.807, 2.05) is 54.6 Å². The summed E-state index contributed by atoms with van der Waals surface area (Å²) >= 11 is 0. The molecule has 2 aromatic carbocycles. The van der Waals surface area contributed by atoms with Gasteiger partial charge in [0.25, 0.3) is 0 Å². The molecule has 3 aromatic rings. The molecule has 0 aliphatic heterocycles. The van der Waals surface area contributed by atoms with E-state index in [1.165, 1.54) is 6.20 Å². The third-order valence-corrected chi connectivity index (χ3v) is 6.09. The van der Waals surface area contributed by atoms with E-state index < -0.39 is 18.2 Å². The lowest BCUT2D eigenvalue weighted by atomic mass is 9.89. The van der Waals surface area contributed by atoms with E-state index in [-0.39, 0.29) is 18.2 Å². The Kier molecular flexibility index (Phi) is 9.16. The number of nitrogens with one attached hydrogen (secondary N) is 1. The minimum Gasteiger partial charge on any atom is -0.456 e. The van der Waals surface area contributed by atoms with Crippen molar-refractivity contribution in [2.24, 2.45) is 11.8 Å². The van der Waals surface area contributed by atoms with Gasteiger partial charge in [0.2, 0.25) is 5.91 Å². The van der Waals surface area contributed by atoms with Crippen LogP contribution < -0.4 is 5.32 Å². The Labute approximate surface area is 201 Å². The van der Waals surface area contributed by atoms with Crippen molar-refractivity contribution in [1.29, 1.82) is 0 Å². The molecule has 180 valence electrons. The molecule has 0 bridgehead atoms. The van der Waals surface area contributed by atoms with Crippen molar-refractivity contribution in [3.63, 3.8) is 0 Å². The van der Waals surface area contributed by atoms with Crippen LogP contribution in [-0.2, 0) is 16.0 Å². The molecule has 0 saturated heterocycles. The average Bonchev–Trinajstić information content (AvgIpc) is 2.85. The number of aliphatic hydroxyl groups excluding tert-OH is 1. The summed E-state index contributed by atoms with van der Waals surface area (Å²) in [5, 5.41) is 15.5. The molecule has 0 saturated carbocycles. The maximum absolute atomic E-state index is 13.2. The van der Waals surface area contributed by atoms with Crippen molar-refractivity contribution in [2.45, 2.75) is 51.7 Å². The molecular weight excluding hydrogens is 428 g/mol. The van der Waals surface area contributed by atoms with Crippen LogP contribution >= 0.6 is 0 Å². The van der Waals surface area contributed by atoms with E-state index in [0.717, 1.165) is 22.8 Å². The van der Waals surface area contributed by atoms with Crippen molar-refractivity contribution < 1.29 is 19.4 Å². The highest BCUT2D eigenvalue weighted by molar-refractivity contribution is 6.03. The lowest BCUT2D eigenvalue weighted by molar-refractivity contribution is -0.126. The highest BCUT2D eigenvalue weighted by atomic mass is 16.6. The quantitative estimate of drug-likeness (QED) is 0.408. The first kappa shape index (κ1) is 25.4. The smallest absolute Gasteiger partial charge is 0.340 e. The maximum atomic E-state index is 13.2. The molecule has 0 radical (unpaired) electrons. The van der Waals surface area contributed by atoms with Gasteiger partial charge in [-0.15, -0.1) is 0 Å². The molecule has 1 aromatic heterocycles. The largest absolute Gasteiger partial charge is 0.456 e. The Morgan fingerprint density at radius 2 is 1.71 bits per heavy atom. The molecule has 0 unspecified atom stereocenters. The Balaban J connectivity index is 1.83. The van der Waals surface area contributed by atoms with Crippen molar-refractivity contribution >= 4 is 22.6 Å². The first-order chi connectivity index (χ1) is 16.4. The molecule has 1 amide bonds. The Bertz CT molecular complexity index is 1080. The van der Waals surface area contributed by atoms with Crippen LogP contribution in [0.25, 0.3) is 10.8 Å². The highest BCUT2D eigenvalue weighted by Crippen LogP contribution is 2.24. The average molecular weight is 463 g/mol. The molecule has 2 N–H and O–H groups in total. The van der Waals surface area contributed by atoms with Crippen LogP contribution in [0.4, 0.5) is 0 Å². The van der Waals surface area contributed by atoms with Crippen LogP contribution in [0, 0.1) is 11.8 Å². The van der Waals surface area contributed by atoms with Gasteiger partial charge in [-0.1, -0.05) is 74.9 Å². The van der Waals surface area contributed by atoms with Gasteiger partial charge in [-0.25, -0.2) is 4.79 Å². The van der Waals surface area contributed by atoms with Crippen LogP contribution in [0.5, 0.6) is 0 Å². The van der Waals surface area contributed by atoms with Crippen molar-refractivity contribution in [3.8, 4) is 0 Å². The van der Waals surface area contributed by atoms with Crippen molar-refractivity contribution in [2.75, 3.05) is 7.05 Å². The van der Waals surface area contributed by atoms with Gasteiger partial charge in [0.1, 0.15) is 6.10 Å². The van der Waals surface area contributed by atoms with E-state index >= 15 is 0 Å². The summed E-state index contributed by atoms with van der Waals surface area (Å²) in [7, 11) is 1.60. The predicted octanol–water partition coefficient (Wildman–Crippen LogP) is 4.55. The molecule has 0 spiro atoms. The van der Waals surface area contributed by atoms with Gasteiger partial charge in [0.05, 0.1) is 11.7 Å². The molecule has 1 heterocycles. The molecule has 0 aliphatic rings. The number of amides is 1. The predicted molar refractivity (Wildman–Crippen MR) is 133 cm³/mol. The molecule has 34 heavy (non-hydrogen) atoms. The Morgan fingerprint density at radius 3 is 2.41 bits per heavy atom. The second-order valence-corrected chi connectivity index (χ2v) is 9.13. The Hall–Kier alpha value is -3.25. The number of pyridine rings is 1. The summed E-state index contributed by atoms with van der Waals surface area (Å²) in [6.07, 6.45) is 3.48. The molecule has 3 rings (SSSR count). The number of rotatable bonds is 11. The van der Waals surface area contributed by atoms with Crippen LogP contribution in [0.2, 0.25) is 0 Å². The number of nitrogens with zero attached hydrogens (tertiary/aromatic N) is 1. The highest BCUT2D eigenvalue weighted by Gasteiger charge is 2.30. The molecular formula is C28H34N2O4. The molecule has 3 atom stereocenters. The zero-order chi connectivity index (χ0) is 24.5. The number of esters is 1. The number of aliphatic hydroxyl groups is 1. The first-order valence-electron chi connectivity index (χ1n) is 11.9. The maximum Gasteiger partial charge on any atom is 0.340 e. The van der Waals surface area contributed by atoms with Crippen LogP contribution in [0.15, 0.2) is 67.0 Å². The summed E-state index contributed by atoms with van der Waals surface area (Å²) in [6.45, 7) is 4.21. The van der Waals surface area contributed by atoms with Gasteiger partial charge >= 0.3 is 5.97 Å². The molecule has 0 fully saturated rings. The van der Waals surface area contributed by atoms with Gasteiger partial charge in [-0.05, 0) is 29.7 Å². The van der Waals surface area contributed by atoms with Gasteiger partial charge in [-0.2, -0.15) is 0 Å². The van der Waals surface area contributed by atoms with Crippen LogP contribution in [0.1, 0.15) is 49.0 Å². The lowest BCUT2D eigenvalue weighted by Gasteiger charge is -2.27. The first-order valence-corrected chi connectivity index (χ1v) is 11.9. The SMILES string of the molecule is CNC(=O)[C@H](CCC(C)C)C[C@H](O)[C@H](Cc1ccccc1)OC(=O)c1cncc2ccccc12. The van der Waals surface area contributed by atoms with E-state index in [1.54, 1.807) is 13.2 Å². The fourth-order valence-electron chi connectivity index (χ4n) is 4.12. The Morgan fingerprint density at radius 1 is 1.00 bits per heavy atom. The zero-order valence-corrected chi connectivity index (χ0v) is 20.1. The summed E-state index contributed by atoms with van der Waals surface area (Å²) < 4.78 is 5.89. The number of hydrogen-bond acceptors (Lipinski definition) is 5. The van der Waals surface area contributed by atoms with Crippen molar-refractivity contribution in [3.05, 3.63) is 78.1 Å². The normalized spacial score (nSPS) is 13.9. The van der Waals surface area contributed by atoms with E-state index in [2.05, 4.69) is 24.1 Å². The second kappa shape index (κ2) is 12.3. The molecule has 6 nitrogen and oxygen atoms in total. The number of carbonyl (C=O) groups is 2. The minimum absolute atomic E-state index is 0.109. The van der Waals surface area contributed by atoms with Gasteiger partial charge < -0.3 is 15.2 Å². The fourth-order valence-corrected chi connectivity index (χ4v) is 4.12. The van der Waals surface area contributed by atoms with E-state index in [0.29, 0.717) is 24.3 Å². The fraction of sp³-hybridized carbons (Fsp3) is 0.393. The second-order valence-electron chi connectivity index (χ2n) is 9.13. The van der Waals surface area contributed by atoms with Crippen LogP contribution in [0.3, 0.4) is 0 Å². The van der Waals surface area contributed by atoms with Gasteiger partial charge in [-0.3, -0.25) is 9.78 Å². The number of carbonyl (C=O) groups excluding carboxylic acids is 2. The van der Waals surface area contributed by atoms with Gasteiger partial charge in [0, 0.05) is 37.2 Å². The standard InChI is InChI=1S/C28H34N2O4/c1-19(2)13-14-21(27(32)29-3)16-25(31)26(15-20-9-5-4-6-10-20)34-28(33)24-18-30-17-22-11-7-8-12-23(22)24/h4-12,17-19,21,25-26,31H,13-16H2,1-3H3,(H,29,32)/t21-,25+,26+/m1/s1. The van der Waals surface area contributed by atoms with Gasteiger partial charge in [0.15, 0.2) is 0 Å².